The minimum atomic E-state index is -0.955. The third-order valence-corrected chi connectivity index (χ3v) is 4.54. The van der Waals surface area contributed by atoms with Gasteiger partial charge < -0.3 is 5.11 Å². The molecule has 3 rings (SSSR count). The quantitative estimate of drug-likeness (QED) is 0.488. The van der Waals surface area contributed by atoms with E-state index in [0.29, 0.717) is 5.02 Å². The van der Waals surface area contributed by atoms with E-state index in [9.17, 15) is 9.90 Å². The van der Waals surface area contributed by atoms with E-state index in [0.717, 1.165) is 21.2 Å². The predicted octanol–water partition coefficient (Wildman–Crippen LogP) is 5.71. The molecule has 0 spiro atoms. The van der Waals surface area contributed by atoms with E-state index in [1.54, 1.807) is 24.3 Å². The Kier molecular flexibility index (Phi) is 4.70. The minimum Gasteiger partial charge on any atom is -0.477 e. The minimum absolute atomic E-state index is 0.252. The Balaban J connectivity index is 1.95. The number of fused-ring (bicyclic) bond motifs is 1. The van der Waals surface area contributed by atoms with Crippen molar-refractivity contribution in [3.05, 3.63) is 82.2 Å². The number of carbonyl (C=O) groups is 1. The maximum Gasteiger partial charge on any atom is 0.342 e. The van der Waals surface area contributed by atoms with E-state index in [-0.39, 0.29) is 4.91 Å². The van der Waals surface area contributed by atoms with E-state index in [4.69, 9.17) is 11.6 Å². The van der Waals surface area contributed by atoms with E-state index in [1.165, 1.54) is 11.8 Å². The topological polar surface area (TPSA) is 37.3 Å². The maximum atomic E-state index is 11.5. The van der Waals surface area contributed by atoms with Gasteiger partial charge in [0.1, 0.15) is 0 Å². The molecule has 1 N–H and O–H groups in total. The summed E-state index contributed by atoms with van der Waals surface area (Å²) in [6, 6.07) is 21.0. The van der Waals surface area contributed by atoms with Crippen LogP contribution in [0.2, 0.25) is 5.02 Å². The van der Waals surface area contributed by atoms with Gasteiger partial charge in [-0.2, -0.15) is 0 Å². The second-order valence-corrected chi connectivity index (χ2v) is 6.53. The van der Waals surface area contributed by atoms with Gasteiger partial charge >= 0.3 is 5.97 Å². The van der Waals surface area contributed by atoms with Gasteiger partial charge in [0.15, 0.2) is 0 Å². The fraction of sp³-hybridized carbons (Fsp3) is 0. The van der Waals surface area contributed by atoms with Crippen molar-refractivity contribution in [2.75, 3.05) is 0 Å². The van der Waals surface area contributed by atoms with Crippen molar-refractivity contribution in [3.8, 4) is 0 Å². The molecule has 0 aliphatic carbocycles. The molecule has 0 saturated heterocycles. The molecule has 3 aromatic carbocycles. The van der Waals surface area contributed by atoms with E-state index in [1.807, 2.05) is 48.5 Å². The van der Waals surface area contributed by atoms with Gasteiger partial charge in [0, 0.05) is 9.92 Å². The Morgan fingerprint density at radius 3 is 2.48 bits per heavy atom. The van der Waals surface area contributed by atoms with Crippen molar-refractivity contribution in [2.45, 2.75) is 4.90 Å². The SMILES string of the molecule is O=C(O)/C(=C/c1ccc2ccccc2c1)Sc1cccc(Cl)c1. The molecule has 2 nitrogen and oxygen atoms in total. The highest BCUT2D eigenvalue weighted by atomic mass is 35.5. The molecular formula is C19H13ClO2S. The molecule has 0 heterocycles. The molecule has 0 fully saturated rings. The lowest BCUT2D eigenvalue weighted by Gasteiger charge is -2.04. The van der Waals surface area contributed by atoms with Crippen molar-refractivity contribution in [1.29, 1.82) is 0 Å². The van der Waals surface area contributed by atoms with Gasteiger partial charge in [-0.3, -0.25) is 0 Å². The number of halogens is 1. The van der Waals surface area contributed by atoms with Gasteiger partial charge in [-0.25, -0.2) is 4.79 Å². The van der Waals surface area contributed by atoms with Crippen LogP contribution in [0.5, 0.6) is 0 Å². The number of aliphatic carboxylic acids is 1. The summed E-state index contributed by atoms with van der Waals surface area (Å²) in [5, 5.41) is 12.3. The van der Waals surface area contributed by atoms with E-state index >= 15 is 0 Å². The molecule has 0 aromatic heterocycles. The fourth-order valence-electron chi connectivity index (χ4n) is 2.24. The largest absolute Gasteiger partial charge is 0.477 e. The first kappa shape index (κ1) is 15.7. The molecule has 3 aromatic rings. The Bertz CT molecular complexity index is 903. The second kappa shape index (κ2) is 6.90. The Morgan fingerprint density at radius 1 is 0.957 bits per heavy atom. The van der Waals surface area contributed by atoms with Gasteiger partial charge in [-0.05, 0) is 46.7 Å². The fourth-order valence-corrected chi connectivity index (χ4v) is 3.36. The normalized spacial score (nSPS) is 11.6. The lowest BCUT2D eigenvalue weighted by Crippen LogP contribution is -1.96. The average Bonchev–Trinajstić information content (AvgIpc) is 2.54. The van der Waals surface area contributed by atoms with Crippen LogP contribution in [0.25, 0.3) is 16.8 Å². The summed E-state index contributed by atoms with van der Waals surface area (Å²) in [6.45, 7) is 0. The van der Waals surface area contributed by atoms with Crippen LogP contribution in [-0.2, 0) is 4.79 Å². The summed E-state index contributed by atoms with van der Waals surface area (Å²) in [5.41, 5.74) is 0.857. The van der Waals surface area contributed by atoms with Crippen molar-refractivity contribution >= 4 is 46.2 Å². The summed E-state index contributed by atoms with van der Waals surface area (Å²) < 4.78 is 0. The zero-order valence-electron chi connectivity index (χ0n) is 12.1. The molecule has 0 aliphatic heterocycles. The van der Waals surface area contributed by atoms with Gasteiger partial charge in [-0.15, -0.1) is 0 Å². The number of rotatable bonds is 4. The van der Waals surface area contributed by atoms with E-state index in [2.05, 4.69) is 0 Å². The molecule has 0 aliphatic rings. The summed E-state index contributed by atoms with van der Waals surface area (Å²) in [4.78, 5) is 12.6. The van der Waals surface area contributed by atoms with Crippen LogP contribution in [0.1, 0.15) is 5.56 Å². The van der Waals surface area contributed by atoms with Crippen LogP contribution in [0.4, 0.5) is 0 Å². The third-order valence-electron chi connectivity index (χ3n) is 3.31. The number of carboxylic acid groups (broad SMARTS) is 1. The number of thioether (sulfide) groups is 1. The Morgan fingerprint density at radius 2 is 1.74 bits per heavy atom. The summed E-state index contributed by atoms with van der Waals surface area (Å²) in [6.07, 6.45) is 1.68. The van der Waals surface area contributed by atoms with Gasteiger partial charge in [-0.1, -0.05) is 65.8 Å². The second-order valence-electron chi connectivity index (χ2n) is 4.98. The van der Waals surface area contributed by atoms with E-state index < -0.39 is 5.97 Å². The monoisotopic (exact) mass is 340 g/mol. The van der Waals surface area contributed by atoms with Gasteiger partial charge in [0.05, 0.1) is 4.91 Å². The van der Waals surface area contributed by atoms with Crippen molar-refractivity contribution in [2.24, 2.45) is 0 Å². The summed E-state index contributed by atoms with van der Waals surface area (Å²) >= 11 is 7.14. The molecule has 114 valence electrons. The van der Waals surface area contributed by atoms with Crippen LogP contribution in [0, 0.1) is 0 Å². The van der Waals surface area contributed by atoms with Crippen LogP contribution in [-0.4, -0.2) is 11.1 Å². The first-order valence-electron chi connectivity index (χ1n) is 6.99. The van der Waals surface area contributed by atoms with Crippen molar-refractivity contribution < 1.29 is 9.90 Å². The number of benzene rings is 3. The van der Waals surface area contributed by atoms with Crippen LogP contribution in [0.3, 0.4) is 0 Å². The molecule has 0 amide bonds. The molecule has 0 bridgehead atoms. The lowest BCUT2D eigenvalue weighted by molar-refractivity contribution is -0.131. The van der Waals surface area contributed by atoms with Crippen LogP contribution in [0.15, 0.2) is 76.5 Å². The number of hydrogen-bond donors (Lipinski definition) is 1. The lowest BCUT2D eigenvalue weighted by atomic mass is 10.1. The van der Waals surface area contributed by atoms with Crippen LogP contribution >= 0.6 is 23.4 Å². The zero-order chi connectivity index (χ0) is 16.2. The predicted molar refractivity (Wildman–Crippen MR) is 96.9 cm³/mol. The smallest absolute Gasteiger partial charge is 0.342 e. The average molecular weight is 341 g/mol. The van der Waals surface area contributed by atoms with Crippen molar-refractivity contribution in [1.82, 2.24) is 0 Å². The number of hydrogen-bond acceptors (Lipinski definition) is 2. The Hall–Kier alpha value is -2.23. The zero-order valence-corrected chi connectivity index (χ0v) is 13.6. The number of carboxylic acids is 1. The molecule has 23 heavy (non-hydrogen) atoms. The highest BCUT2D eigenvalue weighted by molar-refractivity contribution is 8.04. The first-order chi connectivity index (χ1) is 11.1. The molecule has 0 saturated carbocycles. The highest BCUT2D eigenvalue weighted by Crippen LogP contribution is 2.30. The summed E-state index contributed by atoms with van der Waals surface area (Å²) in [7, 11) is 0. The summed E-state index contributed by atoms with van der Waals surface area (Å²) in [5.74, 6) is -0.955. The van der Waals surface area contributed by atoms with Crippen LogP contribution < -0.4 is 0 Å². The van der Waals surface area contributed by atoms with Gasteiger partial charge in [0.25, 0.3) is 0 Å². The highest BCUT2D eigenvalue weighted by Gasteiger charge is 2.10. The molecule has 0 unspecified atom stereocenters. The molecule has 0 atom stereocenters. The molecule has 4 heteroatoms. The van der Waals surface area contributed by atoms with Crippen molar-refractivity contribution in [3.63, 3.8) is 0 Å². The molecule has 0 radical (unpaired) electrons. The first-order valence-corrected chi connectivity index (χ1v) is 8.18. The standard InChI is InChI=1S/C19H13ClO2S/c20-16-6-3-7-17(12-16)23-18(19(21)22)11-13-8-9-14-4-1-2-5-15(14)10-13/h1-12H,(H,21,22)/b18-11-. The maximum absolute atomic E-state index is 11.5. The third kappa shape index (κ3) is 3.95. The van der Waals surface area contributed by atoms with Gasteiger partial charge in [0.2, 0.25) is 0 Å². The molecular weight excluding hydrogens is 328 g/mol. The Labute approximate surface area is 143 Å².